The van der Waals surface area contributed by atoms with Gasteiger partial charge in [0.1, 0.15) is 0 Å². The molecule has 0 spiro atoms. The maximum atomic E-state index is 12.1. The summed E-state index contributed by atoms with van der Waals surface area (Å²) in [7, 11) is 0. The summed E-state index contributed by atoms with van der Waals surface area (Å²) >= 11 is 0. The van der Waals surface area contributed by atoms with Gasteiger partial charge in [-0.05, 0) is 42.0 Å². The van der Waals surface area contributed by atoms with Crippen LogP contribution in [-0.4, -0.2) is 23.4 Å². The number of ether oxygens (including phenoxy) is 1. The number of nitrogens with zero attached hydrogens (tertiary/aromatic N) is 1. The monoisotopic (exact) mass is 380 g/mol. The number of esters is 1. The third-order valence-corrected chi connectivity index (χ3v) is 4.54. The fourth-order valence-electron chi connectivity index (χ4n) is 3.23. The fourth-order valence-corrected chi connectivity index (χ4v) is 3.23. The van der Waals surface area contributed by atoms with Gasteiger partial charge in [-0.25, -0.2) is 4.79 Å². The number of nitro groups is 1. The molecule has 3 rings (SSSR count). The van der Waals surface area contributed by atoms with Gasteiger partial charge in [0.25, 0.3) is 11.6 Å². The van der Waals surface area contributed by atoms with Gasteiger partial charge in [-0.3, -0.25) is 14.9 Å². The van der Waals surface area contributed by atoms with Crippen LogP contribution in [0.4, 0.5) is 5.69 Å². The van der Waals surface area contributed by atoms with Crippen LogP contribution in [0.15, 0.2) is 54.6 Å². The highest BCUT2D eigenvalue weighted by atomic mass is 16.6. The van der Waals surface area contributed by atoms with Gasteiger partial charge in [0.2, 0.25) is 0 Å². The standard InChI is InChI=1S/C21H20N2O5/c24-20(22-19-10-4-7-16-6-1-2-9-18(16)19)14-28-21(25)12-11-15-5-3-8-17(13-15)23(26)27/h1-3,5-6,8-9,11-13,19H,4,7,10,14H2,(H,22,24). The topological polar surface area (TPSA) is 98.5 Å². The highest BCUT2D eigenvalue weighted by Gasteiger charge is 2.21. The summed E-state index contributed by atoms with van der Waals surface area (Å²) in [5.74, 6) is -1.05. The molecule has 1 aliphatic rings. The van der Waals surface area contributed by atoms with Gasteiger partial charge >= 0.3 is 5.97 Å². The average molecular weight is 380 g/mol. The van der Waals surface area contributed by atoms with Crippen LogP contribution in [0, 0.1) is 10.1 Å². The summed E-state index contributed by atoms with van der Waals surface area (Å²) in [6.45, 7) is -0.378. The Morgan fingerprint density at radius 2 is 2.04 bits per heavy atom. The highest BCUT2D eigenvalue weighted by Crippen LogP contribution is 2.29. The lowest BCUT2D eigenvalue weighted by Crippen LogP contribution is -2.34. The minimum Gasteiger partial charge on any atom is -0.452 e. The van der Waals surface area contributed by atoms with E-state index in [1.165, 1.54) is 29.8 Å². The van der Waals surface area contributed by atoms with Gasteiger partial charge < -0.3 is 10.1 Å². The normalized spacial score (nSPS) is 15.6. The number of carbonyl (C=O) groups excluding carboxylic acids is 2. The number of hydrogen-bond acceptors (Lipinski definition) is 5. The van der Waals surface area contributed by atoms with Crippen molar-refractivity contribution in [2.24, 2.45) is 0 Å². The van der Waals surface area contributed by atoms with Gasteiger partial charge in [-0.15, -0.1) is 0 Å². The predicted octanol–water partition coefficient (Wildman–Crippen LogP) is 3.35. The number of nitro benzene ring substituents is 1. The molecule has 0 bridgehead atoms. The molecular formula is C21H20N2O5. The Bertz CT molecular complexity index is 923. The van der Waals surface area contributed by atoms with Crippen LogP contribution in [-0.2, 0) is 20.7 Å². The summed E-state index contributed by atoms with van der Waals surface area (Å²) in [6, 6.07) is 13.8. The van der Waals surface area contributed by atoms with Gasteiger partial charge in [0.05, 0.1) is 11.0 Å². The molecule has 144 valence electrons. The van der Waals surface area contributed by atoms with Crippen LogP contribution in [0.1, 0.15) is 35.6 Å². The Morgan fingerprint density at radius 3 is 2.86 bits per heavy atom. The van der Waals surface area contributed by atoms with E-state index in [0.29, 0.717) is 5.56 Å². The third kappa shape index (κ3) is 5.03. The maximum absolute atomic E-state index is 12.1. The van der Waals surface area contributed by atoms with Crippen LogP contribution in [0.2, 0.25) is 0 Å². The number of hydrogen-bond donors (Lipinski definition) is 1. The summed E-state index contributed by atoms with van der Waals surface area (Å²) < 4.78 is 4.96. The maximum Gasteiger partial charge on any atom is 0.331 e. The molecule has 0 saturated heterocycles. The molecule has 0 fully saturated rings. The Kier molecular flexibility index (Phi) is 6.16. The Hall–Kier alpha value is -3.48. The van der Waals surface area contributed by atoms with Crippen molar-refractivity contribution < 1.29 is 19.2 Å². The Morgan fingerprint density at radius 1 is 1.21 bits per heavy atom. The molecule has 7 nitrogen and oxygen atoms in total. The van der Waals surface area contributed by atoms with Crippen LogP contribution in [0.25, 0.3) is 6.08 Å². The van der Waals surface area contributed by atoms with Gasteiger partial charge in [-0.1, -0.05) is 36.4 Å². The number of non-ortho nitro benzene ring substituents is 1. The second-order valence-corrected chi connectivity index (χ2v) is 6.50. The lowest BCUT2D eigenvalue weighted by molar-refractivity contribution is -0.384. The number of amides is 1. The van der Waals surface area contributed by atoms with E-state index in [0.717, 1.165) is 30.9 Å². The molecule has 1 aliphatic carbocycles. The van der Waals surface area contributed by atoms with Crippen molar-refractivity contribution in [3.63, 3.8) is 0 Å². The first-order valence-corrected chi connectivity index (χ1v) is 8.99. The van der Waals surface area contributed by atoms with Gasteiger partial charge in [0.15, 0.2) is 6.61 Å². The predicted molar refractivity (Wildman–Crippen MR) is 103 cm³/mol. The number of aryl methyl sites for hydroxylation is 1. The summed E-state index contributed by atoms with van der Waals surface area (Å²) in [5.41, 5.74) is 2.77. The molecular weight excluding hydrogens is 360 g/mol. The molecule has 7 heteroatoms. The van der Waals surface area contributed by atoms with Crippen molar-refractivity contribution in [2.75, 3.05) is 6.61 Å². The smallest absolute Gasteiger partial charge is 0.331 e. The quantitative estimate of drug-likeness (QED) is 0.359. The lowest BCUT2D eigenvalue weighted by atomic mass is 9.88. The molecule has 1 amide bonds. The van der Waals surface area contributed by atoms with E-state index in [1.807, 2.05) is 18.2 Å². The van der Waals surface area contributed by atoms with E-state index in [4.69, 9.17) is 4.74 Å². The molecule has 2 aromatic rings. The molecule has 28 heavy (non-hydrogen) atoms. The van der Waals surface area contributed by atoms with Crippen LogP contribution in [0.5, 0.6) is 0 Å². The summed E-state index contributed by atoms with van der Waals surface area (Å²) in [4.78, 5) is 34.2. The van der Waals surface area contributed by atoms with Crippen LogP contribution < -0.4 is 5.32 Å². The van der Waals surface area contributed by atoms with Crippen molar-refractivity contribution in [3.8, 4) is 0 Å². The van der Waals surface area contributed by atoms with Crippen molar-refractivity contribution in [1.82, 2.24) is 5.32 Å². The zero-order valence-electron chi connectivity index (χ0n) is 15.2. The number of carbonyl (C=O) groups is 2. The van der Waals surface area contributed by atoms with E-state index in [2.05, 4.69) is 11.4 Å². The lowest BCUT2D eigenvalue weighted by Gasteiger charge is -2.26. The number of fused-ring (bicyclic) bond motifs is 1. The second kappa shape index (κ2) is 8.94. The Labute approximate surface area is 162 Å². The van der Waals surface area contributed by atoms with Crippen molar-refractivity contribution >= 4 is 23.6 Å². The van der Waals surface area contributed by atoms with E-state index in [1.54, 1.807) is 6.07 Å². The number of benzene rings is 2. The zero-order valence-corrected chi connectivity index (χ0v) is 15.2. The largest absolute Gasteiger partial charge is 0.452 e. The summed E-state index contributed by atoms with van der Waals surface area (Å²) in [6.07, 6.45) is 5.39. The number of rotatable bonds is 6. The SMILES string of the molecule is O=C(COC(=O)C=Cc1cccc([N+](=O)[O-])c1)NC1CCCc2ccccc21. The first-order chi connectivity index (χ1) is 13.5. The molecule has 0 radical (unpaired) electrons. The van der Waals surface area contributed by atoms with Crippen molar-refractivity contribution in [3.05, 3.63) is 81.4 Å². The molecule has 2 aromatic carbocycles. The molecule has 1 N–H and O–H groups in total. The molecule has 0 aromatic heterocycles. The van der Waals surface area contributed by atoms with E-state index in [9.17, 15) is 19.7 Å². The molecule has 1 unspecified atom stereocenters. The molecule has 0 aliphatic heterocycles. The highest BCUT2D eigenvalue weighted by molar-refractivity contribution is 5.89. The van der Waals surface area contributed by atoms with E-state index >= 15 is 0 Å². The summed E-state index contributed by atoms with van der Waals surface area (Å²) in [5, 5.41) is 13.7. The second-order valence-electron chi connectivity index (χ2n) is 6.50. The van der Waals surface area contributed by atoms with Gasteiger partial charge in [0, 0.05) is 18.2 Å². The van der Waals surface area contributed by atoms with E-state index < -0.39 is 10.9 Å². The van der Waals surface area contributed by atoms with Crippen molar-refractivity contribution in [2.45, 2.75) is 25.3 Å². The van der Waals surface area contributed by atoms with Crippen molar-refractivity contribution in [1.29, 1.82) is 0 Å². The Balaban J connectivity index is 1.50. The first kappa shape index (κ1) is 19.3. The third-order valence-electron chi connectivity index (χ3n) is 4.54. The first-order valence-electron chi connectivity index (χ1n) is 8.99. The fraction of sp³-hybridized carbons (Fsp3) is 0.238. The molecule has 1 atom stereocenters. The van der Waals surface area contributed by atoms with Crippen LogP contribution in [0.3, 0.4) is 0 Å². The van der Waals surface area contributed by atoms with Gasteiger partial charge in [-0.2, -0.15) is 0 Å². The average Bonchev–Trinajstić information content (AvgIpc) is 2.71. The zero-order chi connectivity index (χ0) is 19.9. The molecule has 0 saturated carbocycles. The van der Waals surface area contributed by atoms with E-state index in [-0.39, 0.29) is 24.2 Å². The molecule has 0 heterocycles. The van der Waals surface area contributed by atoms with Crippen LogP contribution >= 0.6 is 0 Å². The number of nitrogens with one attached hydrogen (secondary N) is 1. The minimum absolute atomic E-state index is 0.0670. The minimum atomic E-state index is -0.689.